The maximum atomic E-state index is 6.24. The van der Waals surface area contributed by atoms with E-state index in [1.807, 2.05) is 42.5 Å². The third kappa shape index (κ3) is 4.22. The lowest BCUT2D eigenvalue weighted by Gasteiger charge is -2.25. The van der Waals surface area contributed by atoms with Crippen molar-refractivity contribution < 1.29 is 0 Å². The Morgan fingerprint density at radius 1 is 1.05 bits per heavy atom. The molecule has 104 valence electrons. The summed E-state index contributed by atoms with van der Waals surface area (Å²) in [5, 5.41) is 0.781. The number of para-hydroxylation sites is 1. The smallest absolute Gasteiger partial charge is 0.0745 e. The van der Waals surface area contributed by atoms with Crippen LogP contribution < -0.4 is 10.6 Å². The van der Waals surface area contributed by atoms with Gasteiger partial charge in [0.15, 0.2) is 0 Å². The minimum atomic E-state index is 0.532. The van der Waals surface area contributed by atoms with Gasteiger partial charge in [0.2, 0.25) is 0 Å². The molecule has 0 atom stereocenters. The highest BCUT2D eigenvalue weighted by Crippen LogP contribution is 2.21. The van der Waals surface area contributed by atoms with E-state index >= 15 is 0 Å². The van der Waals surface area contributed by atoms with Gasteiger partial charge >= 0.3 is 0 Å². The second-order valence-electron chi connectivity index (χ2n) is 4.56. The third-order valence-corrected chi connectivity index (χ3v) is 3.64. The summed E-state index contributed by atoms with van der Waals surface area (Å²) in [4.78, 5) is 2.77. The van der Waals surface area contributed by atoms with Crippen LogP contribution in [0, 0.1) is 0 Å². The molecule has 0 heterocycles. The number of rotatable bonds is 6. The van der Waals surface area contributed by atoms with Gasteiger partial charge in [-0.3, -0.25) is 0 Å². The number of hydrogen-bond acceptors (Lipinski definition) is 2. The molecular formula is C16H17ClN2S. The summed E-state index contributed by atoms with van der Waals surface area (Å²) in [5.74, 6) is 0. The molecule has 0 spiro atoms. The van der Waals surface area contributed by atoms with Crippen LogP contribution in [0.25, 0.3) is 0 Å². The van der Waals surface area contributed by atoms with Gasteiger partial charge in [-0.15, -0.1) is 0 Å². The second-order valence-corrected chi connectivity index (χ2v) is 5.50. The van der Waals surface area contributed by atoms with E-state index in [4.69, 9.17) is 29.6 Å². The van der Waals surface area contributed by atoms with E-state index in [1.165, 1.54) is 0 Å². The van der Waals surface area contributed by atoms with Crippen LogP contribution in [0.2, 0.25) is 5.02 Å². The van der Waals surface area contributed by atoms with Crippen LogP contribution in [0.5, 0.6) is 0 Å². The summed E-state index contributed by atoms with van der Waals surface area (Å²) in [6.07, 6.45) is 0.689. The number of benzene rings is 2. The van der Waals surface area contributed by atoms with Gasteiger partial charge in [-0.25, -0.2) is 0 Å². The van der Waals surface area contributed by atoms with Crippen molar-refractivity contribution in [3.8, 4) is 0 Å². The summed E-state index contributed by atoms with van der Waals surface area (Å²) < 4.78 is 0. The van der Waals surface area contributed by atoms with Crippen molar-refractivity contribution in [1.82, 2.24) is 0 Å². The van der Waals surface area contributed by atoms with Gasteiger partial charge in [0, 0.05) is 30.2 Å². The first-order valence-corrected chi connectivity index (χ1v) is 7.27. The van der Waals surface area contributed by atoms with Crippen LogP contribution in [0.3, 0.4) is 0 Å². The summed E-state index contributed by atoms with van der Waals surface area (Å²) in [6, 6.07) is 18.1. The Balaban J connectivity index is 2.18. The Kier molecular flexibility index (Phi) is 5.39. The lowest BCUT2D eigenvalue weighted by atomic mass is 10.2. The monoisotopic (exact) mass is 304 g/mol. The van der Waals surface area contributed by atoms with Gasteiger partial charge in [-0.1, -0.05) is 60.2 Å². The first kappa shape index (κ1) is 14.8. The lowest BCUT2D eigenvalue weighted by Crippen LogP contribution is -2.27. The molecule has 0 aromatic heterocycles. The lowest BCUT2D eigenvalue weighted by molar-refractivity contribution is 0.807. The maximum Gasteiger partial charge on any atom is 0.0745 e. The molecule has 0 aliphatic carbocycles. The molecule has 0 aliphatic rings. The summed E-state index contributed by atoms with van der Waals surface area (Å²) >= 11 is 11.2. The number of thiocarbonyl (C=S) groups is 1. The minimum absolute atomic E-state index is 0.532. The van der Waals surface area contributed by atoms with Crippen LogP contribution in [0.15, 0.2) is 54.6 Å². The first-order chi connectivity index (χ1) is 9.66. The van der Waals surface area contributed by atoms with E-state index in [0.717, 1.165) is 29.4 Å². The zero-order valence-electron chi connectivity index (χ0n) is 11.1. The molecule has 20 heavy (non-hydrogen) atoms. The predicted octanol–water partition coefficient (Wildman–Crippen LogP) is 4.02. The number of nitrogens with two attached hydrogens (primary N) is 1. The number of halogens is 1. The molecular weight excluding hydrogens is 288 g/mol. The molecule has 0 unspecified atom stereocenters. The quantitative estimate of drug-likeness (QED) is 0.817. The molecule has 0 radical (unpaired) electrons. The molecule has 2 aromatic rings. The molecule has 0 aliphatic heterocycles. The Labute approximate surface area is 130 Å². The molecule has 2 aromatic carbocycles. The van der Waals surface area contributed by atoms with E-state index in [-0.39, 0.29) is 0 Å². The van der Waals surface area contributed by atoms with Gasteiger partial charge < -0.3 is 10.6 Å². The summed E-state index contributed by atoms with van der Waals surface area (Å²) in [7, 11) is 0. The molecule has 0 bridgehead atoms. The van der Waals surface area contributed by atoms with Crippen molar-refractivity contribution >= 4 is 34.5 Å². The Morgan fingerprint density at radius 2 is 1.70 bits per heavy atom. The highest BCUT2D eigenvalue weighted by atomic mass is 35.5. The van der Waals surface area contributed by atoms with Crippen LogP contribution in [-0.2, 0) is 6.54 Å². The largest absolute Gasteiger partial charge is 0.393 e. The van der Waals surface area contributed by atoms with Crippen LogP contribution >= 0.6 is 23.8 Å². The average Bonchev–Trinajstić information content (AvgIpc) is 2.46. The number of hydrogen-bond donors (Lipinski definition) is 1. The molecule has 2 rings (SSSR count). The molecule has 0 amide bonds. The number of anilines is 1. The fourth-order valence-electron chi connectivity index (χ4n) is 2.02. The summed E-state index contributed by atoms with van der Waals surface area (Å²) in [6.45, 7) is 1.52. The molecule has 4 heteroatoms. The molecule has 2 N–H and O–H groups in total. The second kappa shape index (κ2) is 7.27. The average molecular weight is 305 g/mol. The Hall–Kier alpha value is -1.58. The van der Waals surface area contributed by atoms with Gasteiger partial charge in [-0.2, -0.15) is 0 Å². The van der Waals surface area contributed by atoms with Crippen molar-refractivity contribution in [1.29, 1.82) is 0 Å². The van der Waals surface area contributed by atoms with E-state index in [9.17, 15) is 0 Å². The molecule has 0 saturated heterocycles. The predicted molar refractivity (Wildman–Crippen MR) is 90.3 cm³/mol. The minimum Gasteiger partial charge on any atom is -0.393 e. The maximum absolute atomic E-state index is 6.24. The zero-order chi connectivity index (χ0) is 14.4. The van der Waals surface area contributed by atoms with E-state index in [0.29, 0.717) is 11.4 Å². The van der Waals surface area contributed by atoms with Crippen molar-refractivity contribution in [3.05, 3.63) is 65.2 Å². The Morgan fingerprint density at radius 3 is 2.35 bits per heavy atom. The van der Waals surface area contributed by atoms with Crippen molar-refractivity contribution in [3.63, 3.8) is 0 Å². The van der Waals surface area contributed by atoms with E-state index in [1.54, 1.807) is 0 Å². The standard InChI is InChI=1S/C16H17ClN2S/c17-15-9-5-4-6-13(15)12-19(11-10-16(18)20)14-7-2-1-3-8-14/h1-9H,10-12H2,(H2,18,20). The van der Waals surface area contributed by atoms with Crippen LogP contribution in [0.4, 0.5) is 5.69 Å². The Bertz CT molecular complexity index is 572. The fraction of sp³-hybridized carbons (Fsp3) is 0.188. The first-order valence-electron chi connectivity index (χ1n) is 6.48. The van der Waals surface area contributed by atoms with Crippen molar-refractivity contribution in [2.45, 2.75) is 13.0 Å². The van der Waals surface area contributed by atoms with Gasteiger partial charge in [0.1, 0.15) is 0 Å². The zero-order valence-corrected chi connectivity index (χ0v) is 12.7. The molecule has 0 saturated carbocycles. The number of nitrogens with zero attached hydrogens (tertiary/aromatic N) is 1. The normalized spacial score (nSPS) is 10.2. The topological polar surface area (TPSA) is 29.3 Å². The highest BCUT2D eigenvalue weighted by Gasteiger charge is 2.09. The van der Waals surface area contributed by atoms with Crippen LogP contribution in [0.1, 0.15) is 12.0 Å². The fourth-order valence-corrected chi connectivity index (χ4v) is 2.30. The molecule has 0 fully saturated rings. The van der Waals surface area contributed by atoms with Crippen molar-refractivity contribution in [2.24, 2.45) is 5.73 Å². The molecule has 2 nitrogen and oxygen atoms in total. The van der Waals surface area contributed by atoms with E-state index in [2.05, 4.69) is 17.0 Å². The third-order valence-electron chi connectivity index (χ3n) is 3.07. The van der Waals surface area contributed by atoms with Gasteiger partial charge in [-0.05, 0) is 23.8 Å². The van der Waals surface area contributed by atoms with Crippen LogP contribution in [-0.4, -0.2) is 11.5 Å². The SMILES string of the molecule is NC(=S)CCN(Cc1ccccc1Cl)c1ccccc1. The van der Waals surface area contributed by atoms with Crippen molar-refractivity contribution in [2.75, 3.05) is 11.4 Å². The van der Waals surface area contributed by atoms with Gasteiger partial charge in [0.25, 0.3) is 0 Å². The van der Waals surface area contributed by atoms with Gasteiger partial charge in [0.05, 0.1) is 4.99 Å². The summed E-state index contributed by atoms with van der Waals surface area (Å²) in [5.41, 5.74) is 7.86. The highest BCUT2D eigenvalue weighted by molar-refractivity contribution is 7.80. The van der Waals surface area contributed by atoms with E-state index < -0.39 is 0 Å².